The number of unbranched alkanes of at least 4 members (excludes halogenated alkanes) is 25. The summed E-state index contributed by atoms with van der Waals surface area (Å²) in [6.45, 7) is 6.47. The quantitative estimate of drug-likeness (QED) is 0.0266. The van der Waals surface area contributed by atoms with Crippen molar-refractivity contribution >= 4 is 17.9 Å². The Morgan fingerprint density at radius 3 is 1.15 bits per heavy atom. The molecule has 0 radical (unpaired) electrons. The lowest BCUT2D eigenvalue weighted by Gasteiger charge is -2.18. The smallest absolute Gasteiger partial charge is 0.306 e. The van der Waals surface area contributed by atoms with Crippen LogP contribution in [-0.4, -0.2) is 37.2 Å². The van der Waals surface area contributed by atoms with E-state index in [1.807, 2.05) is 0 Å². The van der Waals surface area contributed by atoms with E-state index in [0.717, 1.165) is 70.6 Å². The largest absolute Gasteiger partial charge is 0.462 e. The van der Waals surface area contributed by atoms with E-state index in [1.165, 1.54) is 128 Å². The molecule has 0 amide bonds. The van der Waals surface area contributed by atoms with Gasteiger partial charge in [0, 0.05) is 19.3 Å². The SMILES string of the molecule is CC/C=C\C/C=C\CCCCC(=O)OCC(COC(=O)CCCCCCCCC/C=C\CCCCCCCC)OC(=O)CCCCCCCCCCCCC. The Balaban J connectivity index is 4.31. The predicted octanol–water partition coefficient (Wildman–Crippen LogP) is 15.0. The summed E-state index contributed by atoms with van der Waals surface area (Å²) >= 11 is 0. The molecule has 0 aromatic heterocycles. The van der Waals surface area contributed by atoms with Gasteiger partial charge in [0.1, 0.15) is 13.2 Å². The fourth-order valence-electron chi connectivity index (χ4n) is 6.59. The third-order valence-electron chi connectivity index (χ3n) is 10.1. The van der Waals surface area contributed by atoms with Gasteiger partial charge < -0.3 is 14.2 Å². The summed E-state index contributed by atoms with van der Waals surface area (Å²) in [5, 5.41) is 0. The second-order valence-corrected chi connectivity index (χ2v) is 15.6. The highest BCUT2D eigenvalue weighted by Crippen LogP contribution is 2.14. The third-order valence-corrected chi connectivity index (χ3v) is 10.1. The molecule has 0 aliphatic rings. The highest BCUT2D eigenvalue weighted by Gasteiger charge is 2.19. The van der Waals surface area contributed by atoms with Crippen LogP contribution in [0.25, 0.3) is 0 Å². The third kappa shape index (κ3) is 42.6. The van der Waals surface area contributed by atoms with E-state index in [0.29, 0.717) is 19.3 Å². The molecule has 1 unspecified atom stereocenters. The van der Waals surface area contributed by atoms with Crippen molar-refractivity contribution in [1.82, 2.24) is 0 Å². The molecule has 0 aliphatic heterocycles. The average molecular weight is 773 g/mol. The van der Waals surface area contributed by atoms with E-state index in [-0.39, 0.29) is 31.1 Å². The van der Waals surface area contributed by atoms with E-state index in [1.54, 1.807) is 0 Å². The van der Waals surface area contributed by atoms with Gasteiger partial charge in [-0.1, -0.05) is 186 Å². The fourth-order valence-corrected chi connectivity index (χ4v) is 6.59. The summed E-state index contributed by atoms with van der Waals surface area (Å²) < 4.78 is 16.7. The van der Waals surface area contributed by atoms with Gasteiger partial charge in [-0.15, -0.1) is 0 Å². The minimum atomic E-state index is -0.780. The van der Waals surface area contributed by atoms with Crippen LogP contribution >= 0.6 is 0 Å². The van der Waals surface area contributed by atoms with Crippen molar-refractivity contribution < 1.29 is 28.6 Å². The minimum absolute atomic E-state index is 0.0826. The van der Waals surface area contributed by atoms with Crippen molar-refractivity contribution in [3.63, 3.8) is 0 Å². The molecule has 0 rings (SSSR count). The fraction of sp³-hybridized carbons (Fsp3) is 0.816. The summed E-state index contributed by atoms with van der Waals surface area (Å²) in [6, 6.07) is 0. The monoisotopic (exact) mass is 773 g/mol. The molecule has 6 nitrogen and oxygen atoms in total. The van der Waals surface area contributed by atoms with Crippen molar-refractivity contribution in [3.8, 4) is 0 Å². The number of esters is 3. The van der Waals surface area contributed by atoms with Gasteiger partial charge in [0.05, 0.1) is 0 Å². The zero-order valence-corrected chi connectivity index (χ0v) is 36.4. The van der Waals surface area contributed by atoms with Gasteiger partial charge in [0.15, 0.2) is 6.10 Å². The van der Waals surface area contributed by atoms with Gasteiger partial charge in [0.25, 0.3) is 0 Å². The summed E-state index contributed by atoms with van der Waals surface area (Å²) in [7, 11) is 0. The molecular weight excluding hydrogens is 685 g/mol. The summed E-state index contributed by atoms with van der Waals surface area (Å²) in [5.74, 6) is -0.922. The molecule has 0 saturated heterocycles. The van der Waals surface area contributed by atoms with Crippen molar-refractivity contribution in [1.29, 1.82) is 0 Å². The van der Waals surface area contributed by atoms with Gasteiger partial charge in [0.2, 0.25) is 0 Å². The number of carbonyl (C=O) groups excluding carboxylic acids is 3. The van der Waals surface area contributed by atoms with Crippen molar-refractivity contribution in [3.05, 3.63) is 36.5 Å². The molecule has 0 aliphatic carbocycles. The lowest BCUT2D eigenvalue weighted by molar-refractivity contribution is -0.167. The maximum absolute atomic E-state index is 12.7. The van der Waals surface area contributed by atoms with E-state index in [9.17, 15) is 14.4 Å². The van der Waals surface area contributed by atoms with Crippen LogP contribution in [0.2, 0.25) is 0 Å². The van der Waals surface area contributed by atoms with Crippen molar-refractivity contribution in [2.75, 3.05) is 13.2 Å². The first-order valence-electron chi connectivity index (χ1n) is 23.5. The second-order valence-electron chi connectivity index (χ2n) is 15.6. The normalized spacial score (nSPS) is 12.3. The Morgan fingerprint density at radius 2 is 0.709 bits per heavy atom. The van der Waals surface area contributed by atoms with Crippen molar-refractivity contribution in [2.45, 2.75) is 245 Å². The molecule has 0 fully saturated rings. The first kappa shape index (κ1) is 52.6. The number of hydrogen-bond donors (Lipinski definition) is 0. The first-order valence-corrected chi connectivity index (χ1v) is 23.5. The van der Waals surface area contributed by atoms with Crippen LogP contribution in [-0.2, 0) is 28.6 Å². The Morgan fingerprint density at radius 1 is 0.382 bits per heavy atom. The maximum atomic E-state index is 12.7. The predicted molar refractivity (Wildman–Crippen MR) is 233 cm³/mol. The second kappa shape index (κ2) is 44.3. The number of allylic oxidation sites excluding steroid dienone is 6. The van der Waals surface area contributed by atoms with Gasteiger partial charge >= 0.3 is 17.9 Å². The average Bonchev–Trinajstić information content (AvgIpc) is 3.18. The highest BCUT2D eigenvalue weighted by molar-refractivity contribution is 5.71. The lowest BCUT2D eigenvalue weighted by atomic mass is 10.1. The Labute approximate surface area is 340 Å². The molecule has 0 saturated carbocycles. The molecule has 0 spiro atoms. The zero-order valence-electron chi connectivity index (χ0n) is 36.4. The number of ether oxygens (including phenoxy) is 3. The van der Waals surface area contributed by atoms with Gasteiger partial charge in [-0.25, -0.2) is 0 Å². The van der Waals surface area contributed by atoms with E-state index in [4.69, 9.17) is 14.2 Å². The Kier molecular flexibility index (Phi) is 42.4. The van der Waals surface area contributed by atoms with Crippen molar-refractivity contribution in [2.24, 2.45) is 0 Å². The van der Waals surface area contributed by atoms with E-state index >= 15 is 0 Å². The number of rotatable bonds is 42. The zero-order chi connectivity index (χ0) is 40.1. The van der Waals surface area contributed by atoms with Crippen LogP contribution in [0.5, 0.6) is 0 Å². The first-order chi connectivity index (χ1) is 27.0. The molecule has 1 atom stereocenters. The molecular formula is C49H88O6. The van der Waals surface area contributed by atoms with Crippen LogP contribution in [0, 0.1) is 0 Å². The topological polar surface area (TPSA) is 78.9 Å². The van der Waals surface area contributed by atoms with E-state index in [2.05, 4.69) is 57.2 Å². The van der Waals surface area contributed by atoms with E-state index < -0.39 is 6.10 Å². The van der Waals surface area contributed by atoms with Gasteiger partial charge in [-0.05, 0) is 70.6 Å². The molecule has 0 N–H and O–H groups in total. The van der Waals surface area contributed by atoms with Crippen LogP contribution in [0.4, 0.5) is 0 Å². The summed E-state index contributed by atoms with van der Waals surface area (Å²) in [4.78, 5) is 37.7. The minimum Gasteiger partial charge on any atom is -0.462 e. The molecule has 0 bridgehead atoms. The summed E-state index contributed by atoms with van der Waals surface area (Å²) in [6.07, 6.45) is 50.0. The highest BCUT2D eigenvalue weighted by atomic mass is 16.6. The Hall–Kier alpha value is -2.37. The Bertz CT molecular complexity index is 938. The number of carbonyl (C=O) groups is 3. The van der Waals surface area contributed by atoms with Gasteiger partial charge in [-0.3, -0.25) is 14.4 Å². The van der Waals surface area contributed by atoms with Crippen LogP contribution in [0.15, 0.2) is 36.5 Å². The molecule has 55 heavy (non-hydrogen) atoms. The van der Waals surface area contributed by atoms with Crippen LogP contribution < -0.4 is 0 Å². The number of hydrogen-bond acceptors (Lipinski definition) is 6. The van der Waals surface area contributed by atoms with Crippen LogP contribution in [0.1, 0.15) is 239 Å². The van der Waals surface area contributed by atoms with Crippen LogP contribution in [0.3, 0.4) is 0 Å². The molecule has 0 aromatic rings. The molecule has 320 valence electrons. The lowest BCUT2D eigenvalue weighted by Crippen LogP contribution is -2.30. The molecule has 0 aromatic carbocycles. The maximum Gasteiger partial charge on any atom is 0.306 e. The van der Waals surface area contributed by atoms with Gasteiger partial charge in [-0.2, -0.15) is 0 Å². The summed E-state index contributed by atoms with van der Waals surface area (Å²) in [5.41, 5.74) is 0. The molecule has 6 heteroatoms. The standard InChI is InChI=1S/C49H88O6/c1-4-7-10-13-16-19-21-22-23-24-25-26-28-30-33-36-39-42-48(51)54-45-46(44-53-47(50)41-38-35-32-29-18-15-12-9-6-3)55-49(52)43-40-37-34-31-27-20-17-14-11-8-5-2/h9,12,18,22-23,29,46H,4-8,10-11,13-17,19-21,24-28,30-45H2,1-3H3/b12-9-,23-22-,29-18-. The molecule has 0 heterocycles.